The van der Waals surface area contributed by atoms with E-state index in [1.54, 1.807) is 44.2 Å². The molecule has 4 rings (SSSR count). The second-order valence-corrected chi connectivity index (χ2v) is 10.1. The minimum absolute atomic E-state index is 0.0257. The SMILES string of the molecule is CCOC(=O)C1=C(C)N=c2sc(=Cc3cc(Cl)c(OCC(=O)O)c(Cl)c3)c(=O)n2C1c1ccccc1Cl. The zero-order valence-electron chi connectivity index (χ0n) is 19.5. The van der Waals surface area contributed by atoms with E-state index in [0.717, 1.165) is 11.3 Å². The molecular formula is C25H19Cl3N2O6S. The number of esters is 1. The van der Waals surface area contributed by atoms with Crippen molar-refractivity contribution in [2.24, 2.45) is 4.99 Å². The zero-order chi connectivity index (χ0) is 26.9. The number of hydrogen-bond donors (Lipinski definition) is 1. The van der Waals surface area contributed by atoms with Gasteiger partial charge in [0, 0.05) is 5.02 Å². The number of rotatable bonds is 7. The van der Waals surface area contributed by atoms with Gasteiger partial charge in [0.1, 0.15) is 6.04 Å². The van der Waals surface area contributed by atoms with E-state index in [1.165, 1.54) is 16.7 Å². The smallest absolute Gasteiger partial charge is 0.341 e. The quantitative estimate of drug-likeness (QED) is 0.419. The highest BCUT2D eigenvalue weighted by molar-refractivity contribution is 7.07. The molecule has 2 heterocycles. The van der Waals surface area contributed by atoms with E-state index >= 15 is 0 Å². The van der Waals surface area contributed by atoms with Crippen molar-refractivity contribution in [3.8, 4) is 5.75 Å². The van der Waals surface area contributed by atoms with Crippen molar-refractivity contribution in [1.82, 2.24) is 4.57 Å². The monoisotopic (exact) mass is 580 g/mol. The number of hydrogen-bond acceptors (Lipinski definition) is 7. The molecule has 1 unspecified atom stereocenters. The molecule has 0 amide bonds. The van der Waals surface area contributed by atoms with Crippen LogP contribution in [-0.2, 0) is 14.3 Å². The van der Waals surface area contributed by atoms with Crippen molar-refractivity contribution in [3.63, 3.8) is 0 Å². The predicted octanol–water partition coefficient (Wildman–Crippen LogP) is 4.22. The second kappa shape index (κ2) is 11.1. The van der Waals surface area contributed by atoms with Gasteiger partial charge in [-0.05, 0) is 49.2 Å². The first kappa shape index (κ1) is 26.9. The number of fused-ring (bicyclic) bond motifs is 1. The number of carbonyl (C=O) groups is 2. The van der Waals surface area contributed by atoms with Crippen molar-refractivity contribution < 1.29 is 24.2 Å². The van der Waals surface area contributed by atoms with Gasteiger partial charge < -0.3 is 14.6 Å². The topological polar surface area (TPSA) is 107 Å². The fraction of sp³-hybridized carbons (Fsp3) is 0.200. The van der Waals surface area contributed by atoms with Crippen molar-refractivity contribution in [2.75, 3.05) is 13.2 Å². The summed E-state index contributed by atoms with van der Waals surface area (Å²) in [7, 11) is 0. The first-order chi connectivity index (χ1) is 17.6. The normalized spacial score (nSPS) is 15.3. The second-order valence-electron chi connectivity index (χ2n) is 7.82. The summed E-state index contributed by atoms with van der Waals surface area (Å²) in [4.78, 5) is 42.3. The maximum absolute atomic E-state index is 13.7. The predicted molar refractivity (Wildman–Crippen MR) is 141 cm³/mol. The lowest BCUT2D eigenvalue weighted by Crippen LogP contribution is -2.40. The third kappa shape index (κ3) is 5.45. The maximum atomic E-state index is 13.7. The van der Waals surface area contributed by atoms with Crippen LogP contribution >= 0.6 is 46.1 Å². The first-order valence-corrected chi connectivity index (χ1v) is 12.8. The lowest BCUT2D eigenvalue weighted by Gasteiger charge is -2.25. The number of aromatic nitrogens is 1. The Morgan fingerprint density at radius 3 is 2.46 bits per heavy atom. The molecule has 0 radical (unpaired) electrons. The molecule has 1 aliphatic rings. The highest BCUT2D eigenvalue weighted by Crippen LogP contribution is 2.35. The van der Waals surface area contributed by atoms with Crippen LogP contribution in [0.1, 0.15) is 31.0 Å². The summed E-state index contributed by atoms with van der Waals surface area (Å²) in [6.07, 6.45) is 1.58. The Morgan fingerprint density at radius 1 is 1.16 bits per heavy atom. The number of halogens is 3. The summed E-state index contributed by atoms with van der Waals surface area (Å²) in [5.74, 6) is -1.74. The van der Waals surface area contributed by atoms with Crippen molar-refractivity contribution in [1.29, 1.82) is 0 Å². The van der Waals surface area contributed by atoms with E-state index < -0.39 is 30.1 Å². The Bertz CT molecular complexity index is 1600. The van der Waals surface area contributed by atoms with Crippen LogP contribution in [0.4, 0.5) is 0 Å². The molecule has 0 spiro atoms. The molecule has 0 saturated heterocycles. The fourth-order valence-corrected chi connectivity index (χ4v) is 5.77. The largest absolute Gasteiger partial charge is 0.479 e. The van der Waals surface area contributed by atoms with Crippen LogP contribution < -0.4 is 19.6 Å². The minimum atomic E-state index is -1.18. The zero-order valence-corrected chi connectivity index (χ0v) is 22.5. The molecule has 2 aromatic carbocycles. The number of nitrogens with zero attached hydrogens (tertiary/aromatic N) is 2. The molecule has 37 heavy (non-hydrogen) atoms. The molecule has 1 N–H and O–H groups in total. The van der Waals surface area contributed by atoms with E-state index in [4.69, 9.17) is 49.4 Å². The summed E-state index contributed by atoms with van der Waals surface area (Å²) < 4.78 is 12.1. The van der Waals surface area contributed by atoms with Gasteiger partial charge >= 0.3 is 11.9 Å². The summed E-state index contributed by atoms with van der Waals surface area (Å²) in [6, 6.07) is 9.12. The van der Waals surface area contributed by atoms with Gasteiger partial charge in [0.2, 0.25) is 0 Å². The van der Waals surface area contributed by atoms with Gasteiger partial charge in [-0.1, -0.05) is 64.3 Å². The van der Waals surface area contributed by atoms with Gasteiger partial charge in [0.25, 0.3) is 5.56 Å². The summed E-state index contributed by atoms with van der Waals surface area (Å²) in [5, 5.41) is 9.39. The third-order valence-electron chi connectivity index (χ3n) is 5.38. The fourth-order valence-electron chi connectivity index (χ4n) is 3.87. The van der Waals surface area contributed by atoms with Crippen LogP contribution in [0, 0.1) is 0 Å². The van der Waals surface area contributed by atoms with Gasteiger partial charge in [-0.15, -0.1) is 0 Å². The number of benzene rings is 2. The Kier molecular flexibility index (Phi) is 8.08. The van der Waals surface area contributed by atoms with Gasteiger partial charge in [0.15, 0.2) is 17.2 Å². The van der Waals surface area contributed by atoms with E-state index in [-0.39, 0.29) is 28.0 Å². The number of carboxylic acid groups (broad SMARTS) is 1. The van der Waals surface area contributed by atoms with Crippen LogP contribution in [0.15, 0.2) is 57.5 Å². The van der Waals surface area contributed by atoms with Crippen molar-refractivity contribution >= 4 is 64.2 Å². The Morgan fingerprint density at radius 2 is 1.84 bits per heavy atom. The molecule has 0 fully saturated rings. The molecule has 0 bridgehead atoms. The molecule has 1 aromatic heterocycles. The molecule has 8 nitrogen and oxygen atoms in total. The van der Waals surface area contributed by atoms with Crippen LogP contribution in [0.2, 0.25) is 15.1 Å². The molecular weight excluding hydrogens is 563 g/mol. The third-order valence-corrected chi connectivity index (χ3v) is 7.26. The highest BCUT2D eigenvalue weighted by atomic mass is 35.5. The first-order valence-electron chi connectivity index (χ1n) is 10.9. The summed E-state index contributed by atoms with van der Waals surface area (Å²) >= 11 is 20.1. The highest BCUT2D eigenvalue weighted by Gasteiger charge is 2.34. The number of carboxylic acids is 1. The summed E-state index contributed by atoms with van der Waals surface area (Å²) in [6.45, 7) is 2.93. The number of aliphatic carboxylic acids is 1. The Balaban J connectivity index is 1.88. The van der Waals surface area contributed by atoms with E-state index in [9.17, 15) is 14.4 Å². The number of carbonyl (C=O) groups excluding carboxylic acids is 1. The van der Waals surface area contributed by atoms with Gasteiger partial charge in [-0.3, -0.25) is 9.36 Å². The van der Waals surface area contributed by atoms with E-state index in [1.807, 2.05) is 0 Å². The average molecular weight is 582 g/mol. The van der Waals surface area contributed by atoms with E-state index in [2.05, 4.69) is 4.99 Å². The average Bonchev–Trinajstić information content (AvgIpc) is 3.12. The van der Waals surface area contributed by atoms with Crippen LogP contribution in [-0.4, -0.2) is 34.8 Å². The molecule has 0 aliphatic carbocycles. The number of allylic oxidation sites excluding steroid dienone is 1. The van der Waals surface area contributed by atoms with Crippen molar-refractivity contribution in [3.05, 3.63) is 93.6 Å². The maximum Gasteiger partial charge on any atom is 0.341 e. The van der Waals surface area contributed by atoms with E-state index in [0.29, 0.717) is 31.2 Å². The van der Waals surface area contributed by atoms with Crippen molar-refractivity contribution in [2.45, 2.75) is 19.9 Å². The van der Waals surface area contributed by atoms with Gasteiger partial charge in [0.05, 0.1) is 32.5 Å². The minimum Gasteiger partial charge on any atom is -0.479 e. The lowest BCUT2D eigenvalue weighted by molar-refractivity contribution is -0.140. The molecule has 12 heteroatoms. The molecule has 1 atom stereocenters. The molecule has 1 aliphatic heterocycles. The van der Waals surface area contributed by atoms with Crippen LogP contribution in [0.25, 0.3) is 6.08 Å². The lowest BCUT2D eigenvalue weighted by atomic mass is 9.96. The number of thiazole rings is 1. The van der Waals surface area contributed by atoms with Crippen LogP contribution in [0.3, 0.4) is 0 Å². The Labute approximate surface area is 229 Å². The van der Waals surface area contributed by atoms with Gasteiger partial charge in [-0.25, -0.2) is 14.6 Å². The molecule has 0 saturated carbocycles. The van der Waals surface area contributed by atoms with Gasteiger partial charge in [-0.2, -0.15) is 0 Å². The molecule has 192 valence electrons. The standard InChI is InChI=1S/C25H19Cl3N2O6S/c1-3-35-24(34)20-12(2)29-25-30(21(20)14-6-4-5-7-15(14)26)23(33)18(37-25)10-13-8-16(27)22(17(28)9-13)36-11-19(31)32/h4-10,21H,3,11H2,1-2H3,(H,31,32). The molecule has 3 aromatic rings. The van der Waals surface area contributed by atoms with Crippen LogP contribution in [0.5, 0.6) is 5.75 Å². The summed E-state index contributed by atoms with van der Waals surface area (Å²) in [5.41, 5.74) is 1.28. The Hall–Kier alpha value is -3.11. The number of ether oxygens (including phenoxy) is 2.